The number of esters is 1. The molecule has 0 spiro atoms. The summed E-state index contributed by atoms with van der Waals surface area (Å²) in [5.74, 6) is -2.74. The maximum absolute atomic E-state index is 13.8. The van der Waals surface area contributed by atoms with Gasteiger partial charge in [0, 0.05) is 19.2 Å². The second kappa shape index (κ2) is 8.24. The van der Waals surface area contributed by atoms with Gasteiger partial charge in [-0.15, -0.1) is 11.3 Å². The molecule has 0 saturated carbocycles. The van der Waals surface area contributed by atoms with Crippen molar-refractivity contribution in [2.45, 2.75) is 19.4 Å². The molecule has 1 aliphatic rings. The first-order chi connectivity index (χ1) is 14.0. The van der Waals surface area contributed by atoms with Crippen molar-refractivity contribution in [2.24, 2.45) is 5.92 Å². The number of thiazole rings is 1. The number of hydrogen-bond acceptors (Lipinski definition) is 5. The van der Waals surface area contributed by atoms with E-state index in [1.54, 1.807) is 0 Å². The third-order valence-electron chi connectivity index (χ3n) is 4.95. The first-order valence-electron chi connectivity index (χ1n) is 9.26. The van der Waals surface area contributed by atoms with Crippen LogP contribution in [0.3, 0.4) is 0 Å². The van der Waals surface area contributed by atoms with Gasteiger partial charge in [0.15, 0.2) is 0 Å². The number of hydrogen-bond donors (Lipinski definition) is 0. The third-order valence-corrected chi connectivity index (χ3v) is 5.96. The van der Waals surface area contributed by atoms with Crippen molar-refractivity contribution in [1.29, 1.82) is 0 Å². The van der Waals surface area contributed by atoms with Gasteiger partial charge in [0.2, 0.25) is 0 Å². The van der Waals surface area contributed by atoms with E-state index in [1.807, 2.05) is 24.3 Å². The fourth-order valence-corrected chi connectivity index (χ4v) is 4.26. The van der Waals surface area contributed by atoms with Crippen LogP contribution in [0.25, 0.3) is 10.2 Å². The SMILES string of the molecule is O=C(OCc1nc2ccccc2s1)C1CCN(C(=O)c2ccc(F)cc2F)CC1. The predicted molar refractivity (Wildman–Crippen MR) is 104 cm³/mol. The number of para-hydroxylation sites is 1. The normalized spacial score (nSPS) is 14.9. The van der Waals surface area contributed by atoms with Crippen molar-refractivity contribution in [2.75, 3.05) is 13.1 Å². The minimum atomic E-state index is -0.882. The molecule has 0 N–H and O–H groups in total. The topological polar surface area (TPSA) is 59.5 Å². The van der Waals surface area contributed by atoms with Crippen LogP contribution >= 0.6 is 11.3 Å². The average Bonchev–Trinajstić information content (AvgIpc) is 3.15. The molecule has 1 aromatic heterocycles. The second-order valence-corrected chi connectivity index (χ2v) is 7.99. The highest BCUT2D eigenvalue weighted by molar-refractivity contribution is 7.18. The summed E-state index contributed by atoms with van der Waals surface area (Å²) in [6.45, 7) is 0.755. The van der Waals surface area contributed by atoms with Gasteiger partial charge in [-0.2, -0.15) is 0 Å². The molecule has 150 valence electrons. The van der Waals surface area contributed by atoms with Crippen LogP contribution in [0.5, 0.6) is 0 Å². The number of halogens is 2. The van der Waals surface area contributed by atoms with Crippen molar-refractivity contribution in [3.05, 3.63) is 64.7 Å². The molecule has 5 nitrogen and oxygen atoms in total. The summed E-state index contributed by atoms with van der Waals surface area (Å²) in [7, 11) is 0. The molecule has 0 unspecified atom stereocenters. The summed E-state index contributed by atoms with van der Waals surface area (Å²) in [6, 6.07) is 10.6. The first-order valence-corrected chi connectivity index (χ1v) is 10.1. The van der Waals surface area contributed by atoms with Gasteiger partial charge in [0.05, 0.1) is 21.7 Å². The quantitative estimate of drug-likeness (QED) is 0.599. The number of aromatic nitrogens is 1. The lowest BCUT2D eigenvalue weighted by Gasteiger charge is -2.31. The zero-order valence-corrected chi connectivity index (χ0v) is 16.3. The Balaban J connectivity index is 1.30. The molecule has 0 aliphatic carbocycles. The summed E-state index contributed by atoms with van der Waals surface area (Å²) < 4.78 is 33.3. The van der Waals surface area contributed by atoms with E-state index in [1.165, 1.54) is 16.2 Å². The number of likely N-dealkylation sites (tertiary alicyclic amines) is 1. The molecule has 1 fully saturated rings. The number of carbonyl (C=O) groups is 2. The zero-order chi connectivity index (χ0) is 20.4. The van der Waals surface area contributed by atoms with E-state index >= 15 is 0 Å². The maximum atomic E-state index is 13.8. The number of amides is 1. The lowest BCUT2D eigenvalue weighted by atomic mass is 9.96. The summed E-state index contributed by atoms with van der Waals surface area (Å²) in [5.41, 5.74) is 0.714. The Morgan fingerprint density at radius 3 is 2.62 bits per heavy atom. The van der Waals surface area contributed by atoms with E-state index in [0.717, 1.165) is 27.4 Å². The van der Waals surface area contributed by atoms with Crippen LogP contribution in [-0.4, -0.2) is 34.8 Å². The molecule has 1 saturated heterocycles. The highest BCUT2D eigenvalue weighted by Crippen LogP contribution is 2.24. The highest BCUT2D eigenvalue weighted by atomic mass is 32.1. The van der Waals surface area contributed by atoms with Crippen molar-refractivity contribution in [1.82, 2.24) is 9.88 Å². The molecule has 0 atom stereocenters. The Morgan fingerprint density at radius 1 is 1.14 bits per heavy atom. The summed E-state index contributed by atoms with van der Waals surface area (Å²) >= 11 is 1.49. The van der Waals surface area contributed by atoms with Gasteiger partial charge in [0.25, 0.3) is 5.91 Å². The Morgan fingerprint density at radius 2 is 1.90 bits per heavy atom. The van der Waals surface area contributed by atoms with Crippen LogP contribution in [0.1, 0.15) is 28.2 Å². The molecule has 1 aliphatic heterocycles. The van der Waals surface area contributed by atoms with Crippen LogP contribution in [0.4, 0.5) is 8.78 Å². The molecular weight excluding hydrogens is 398 g/mol. The molecule has 3 aromatic rings. The Labute approximate surface area is 169 Å². The van der Waals surface area contributed by atoms with Gasteiger partial charge in [-0.3, -0.25) is 9.59 Å². The first kappa shape index (κ1) is 19.4. The number of ether oxygens (including phenoxy) is 1. The zero-order valence-electron chi connectivity index (χ0n) is 15.4. The minimum Gasteiger partial charge on any atom is -0.458 e. The number of piperidine rings is 1. The van der Waals surface area contributed by atoms with Gasteiger partial charge in [-0.25, -0.2) is 13.8 Å². The van der Waals surface area contributed by atoms with Crippen molar-refractivity contribution >= 4 is 33.4 Å². The number of fused-ring (bicyclic) bond motifs is 1. The lowest BCUT2D eigenvalue weighted by molar-refractivity contribution is -0.151. The van der Waals surface area contributed by atoms with Crippen molar-refractivity contribution in [3.63, 3.8) is 0 Å². The fraction of sp³-hybridized carbons (Fsp3) is 0.286. The summed E-state index contributed by atoms with van der Waals surface area (Å²) in [4.78, 5) is 30.7. The summed E-state index contributed by atoms with van der Waals surface area (Å²) in [5, 5.41) is 0.735. The maximum Gasteiger partial charge on any atom is 0.309 e. The van der Waals surface area contributed by atoms with Crippen LogP contribution in [-0.2, 0) is 16.1 Å². The van der Waals surface area contributed by atoms with E-state index in [-0.39, 0.29) is 24.1 Å². The molecule has 0 radical (unpaired) electrons. The monoisotopic (exact) mass is 416 g/mol. The molecule has 8 heteroatoms. The Kier molecular flexibility index (Phi) is 5.53. The highest BCUT2D eigenvalue weighted by Gasteiger charge is 2.30. The molecule has 2 aromatic carbocycles. The average molecular weight is 416 g/mol. The molecular formula is C21H18F2N2O3S. The molecule has 1 amide bonds. The predicted octanol–water partition coefficient (Wildman–Crippen LogP) is 4.17. The van der Waals surface area contributed by atoms with Crippen LogP contribution < -0.4 is 0 Å². The third kappa shape index (κ3) is 4.27. The second-order valence-electron chi connectivity index (χ2n) is 6.87. The van der Waals surface area contributed by atoms with Crippen LogP contribution in [0.15, 0.2) is 42.5 Å². The largest absolute Gasteiger partial charge is 0.458 e. The van der Waals surface area contributed by atoms with Crippen LogP contribution in [0, 0.1) is 17.6 Å². The Hall–Kier alpha value is -2.87. The molecule has 4 rings (SSSR count). The van der Waals surface area contributed by atoms with E-state index in [0.29, 0.717) is 32.0 Å². The number of carbonyl (C=O) groups excluding carboxylic acids is 2. The van der Waals surface area contributed by atoms with E-state index in [9.17, 15) is 18.4 Å². The van der Waals surface area contributed by atoms with E-state index in [4.69, 9.17) is 4.74 Å². The van der Waals surface area contributed by atoms with Crippen molar-refractivity contribution in [3.8, 4) is 0 Å². The number of nitrogens with zero attached hydrogens (tertiary/aromatic N) is 2. The Bertz CT molecular complexity index is 1030. The lowest BCUT2D eigenvalue weighted by Crippen LogP contribution is -2.41. The van der Waals surface area contributed by atoms with Gasteiger partial charge in [-0.05, 0) is 37.1 Å². The number of benzene rings is 2. The van der Waals surface area contributed by atoms with Gasteiger partial charge < -0.3 is 9.64 Å². The minimum absolute atomic E-state index is 0.123. The number of rotatable bonds is 4. The standard InChI is InChI=1S/C21H18F2N2O3S/c22-14-5-6-15(16(23)11-14)20(26)25-9-7-13(8-10-25)21(27)28-12-19-24-17-3-1-2-4-18(17)29-19/h1-6,11,13H,7-10,12H2. The molecule has 0 bridgehead atoms. The fourth-order valence-electron chi connectivity index (χ4n) is 3.38. The van der Waals surface area contributed by atoms with Gasteiger partial charge in [0.1, 0.15) is 23.2 Å². The van der Waals surface area contributed by atoms with E-state index < -0.39 is 17.5 Å². The smallest absolute Gasteiger partial charge is 0.309 e. The summed E-state index contributed by atoms with van der Waals surface area (Å²) in [6.07, 6.45) is 0.875. The molecule has 2 heterocycles. The van der Waals surface area contributed by atoms with Gasteiger partial charge >= 0.3 is 5.97 Å². The van der Waals surface area contributed by atoms with Crippen LogP contribution in [0.2, 0.25) is 0 Å². The van der Waals surface area contributed by atoms with Gasteiger partial charge in [-0.1, -0.05) is 12.1 Å². The molecule has 29 heavy (non-hydrogen) atoms. The van der Waals surface area contributed by atoms with E-state index in [2.05, 4.69) is 4.98 Å². The van der Waals surface area contributed by atoms with Crippen molar-refractivity contribution < 1.29 is 23.1 Å².